The number of hydrogen-bond donors (Lipinski definition) is 4. The van der Waals surface area contributed by atoms with Crippen LogP contribution in [0.4, 0.5) is 0 Å². The van der Waals surface area contributed by atoms with Crippen LogP contribution < -0.4 is 10.6 Å². The third kappa shape index (κ3) is 5.62. The standard InChI is InChI=1S/C14H18N2O5/c1-15-10(8-12(17)18)13(19)16-11(14(20)21)7-9-5-3-2-4-6-9/h2-6,10-11,15H,7-8H2,1H3,(H,16,19)(H,17,18)(H,20,21). The summed E-state index contributed by atoms with van der Waals surface area (Å²) in [6.45, 7) is 0. The Morgan fingerprint density at radius 1 is 1.10 bits per heavy atom. The van der Waals surface area contributed by atoms with E-state index in [0.717, 1.165) is 5.56 Å². The van der Waals surface area contributed by atoms with Crippen molar-refractivity contribution < 1.29 is 24.6 Å². The van der Waals surface area contributed by atoms with E-state index >= 15 is 0 Å². The Labute approximate surface area is 122 Å². The first-order valence-electron chi connectivity index (χ1n) is 6.40. The van der Waals surface area contributed by atoms with Crippen LogP contribution in [0.15, 0.2) is 30.3 Å². The van der Waals surface area contributed by atoms with Crippen molar-refractivity contribution >= 4 is 17.8 Å². The van der Waals surface area contributed by atoms with Gasteiger partial charge in [-0.15, -0.1) is 0 Å². The second-order valence-electron chi connectivity index (χ2n) is 4.53. The van der Waals surface area contributed by atoms with E-state index in [1.165, 1.54) is 7.05 Å². The number of carboxylic acid groups (broad SMARTS) is 2. The quantitative estimate of drug-likeness (QED) is 0.530. The summed E-state index contributed by atoms with van der Waals surface area (Å²) >= 11 is 0. The molecular weight excluding hydrogens is 276 g/mol. The van der Waals surface area contributed by atoms with Gasteiger partial charge < -0.3 is 20.8 Å². The topological polar surface area (TPSA) is 116 Å². The molecule has 0 aliphatic rings. The van der Waals surface area contributed by atoms with E-state index in [-0.39, 0.29) is 6.42 Å². The summed E-state index contributed by atoms with van der Waals surface area (Å²) in [5.74, 6) is -2.96. The molecule has 0 saturated heterocycles. The summed E-state index contributed by atoms with van der Waals surface area (Å²) < 4.78 is 0. The Kier molecular flexibility index (Phi) is 6.35. The van der Waals surface area contributed by atoms with E-state index in [1.807, 2.05) is 6.07 Å². The molecule has 2 unspecified atom stereocenters. The number of carbonyl (C=O) groups excluding carboxylic acids is 1. The van der Waals surface area contributed by atoms with Gasteiger partial charge in [0, 0.05) is 6.42 Å². The number of aliphatic carboxylic acids is 2. The number of likely N-dealkylation sites (N-methyl/N-ethyl adjacent to an activating group) is 1. The second kappa shape index (κ2) is 8.01. The Balaban J connectivity index is 2.71. The molecule has 0 radical (unpaired) electrons. The fourth-order valence-corrected chi connectivity index (χ4v) is 1.82. The largest absolute Gasteiger partial charge is 0.481 e. The monoisotopic (exact) mass is 294 g/mol. The normalized spacial score (nSPS) is 13.2. The van der Waals surface area contributed by atoms with E-state index in [9.17, 15) is 14.4 Å². The van der Waals surface area contributed by atoms with Gasteiger partial charge in [-0.25, -0.2) is 4.79 Å². The van der Waals surface area contributed by atoms with Gasteiger partial charge in [0.05, 0.1) is 12.5 Å². The highest BCUT2D eigenvalue weighted by Crippen LogP contribution is 2.04. The Hall–Kier alpha value is -2.41. The SMILES string of the molecule is CNC(CC(=O)O)C(=O)NC(Cc1ccccc1)C(=O)O. The number of amides is 1. The van der Waals surface area contributed by atoms with Crippen molar-refractivity contribution in [2.24, 2.45) is 0 Å². The average Bonchev–Trinajstić information content (AvgIpc) is 2.44. The number of rotatable bonds is 8. The zero-order valence-electron chi connectivity index (χ0n) is 11.6. The van der Waals surface area contributed by atoms with Crippen molar-refractivity contribution in [1.29, 1.82) is 0 Å². The molecule has 0 aliphatic carbocycles. The predicted octanol–water partition coefficient (Wildman–Crippen LogP) is -0.139. The molecule has 2 atom stereocenters. The molecule has 7 nitrogen and oxygen atoms in total. The fraction of sp³-hybridized carbons (Fsp3) is 0.357. The van der Waals surface area contributed by atoms with Crippen LogP contribution in [0.5, 0.6) is 0 Å². The molecule has 1 aromatic carbocycles. The van der Waals surface area contributed by atoms with E-state index in [2.05, 4.69) is 10.6 Å². The summed E-state index contributed by atoms with van der Waals surface area (Å²) in [5, 5.41) is 22.8. The molecule has 7 heteroatoms. The Morgan fingerprint density at radius 3 is 2.19 bits per heavy atom. The van der Waals surface area contributed by atoms with E-state index in [1.54, 1.807) is 24.3 Å². The van der Waals surface area contributed by atoms with Crippen LogP contribution in [0.1, 0.15) is 12.0 Å². The van der Waals surface area contributed by atoms with Gasteiger partial charge in [-0.05, 0) is 12.6 Å². The van der Waals surface area contributed by atoms with E-state index < -0.39 is 36.4 Å². The smallest absolute Gasteiger partial charge is 0.326 e. The number of benzene rings is 1. The Bertz CT molecular complexity index is 503. The summed E-state index contributed by atoms with van der Waals surface area (Å²) in [6.07, 6.45) is -0.286. The molecule has 0 fully saturated rings. The molecule has 1 aromatic rings. The van der Waals surface area contributed by atoms with Gasteiger partial charge in [0.25, 0.3) is 0 Å². The lowest BCUT2D eigenvalue weighted by atomic mass is 10.1. The first-order valence-corrected chi connectivity index (χ1v) is 6.40. The zero-order valence-corrected chi connectivity index (χ0v) is 11.6. The van der Waals surface area contributed by atoms with Crippen LogP contribution in [0, 0.1) is 0 Å². The lowest BCUT2D eigenvalue weighted by Crippen LogP contribution is -2.50. The van der Waals surface area contributed by atoms with Crippen LogP contribution in [-0.2, 0) is 20.8 Å². The second-order valence-corrected chi connectivity index (χ2v) is 4.53. The first kappa shape index (κ1) is 16.6. The molecule has 4 N–H and O–H groups in total. The first-order chi connectivity index (χ1) is 9.93. The minimum absolute atomic E-state index is 0.130. The van der Waals surface area contributed by atoms with Crippen molar-refractivity contribution in [2.75, 3.05) is 7.05 Å². The fourth-order valence-electron chi connectivity index (χ4n) is 1.82. The summed E-state index contributed by atoms with van der Waals surface area (Å²) in [5.41, 5.74) is 0.768. The molecule has 0 spiro atoms. The predicted molar refractivity (Wildman–Crippen MR) is 74.8 cm³/mol. The summed E-state index contributed by atoms with van der Waals surface area (Å²) in [4.78, 5) is 33.8. The molecule has 21 heavy (non-hydrogen) atoms. The summed E-state index contributed by atoms with van der Waals surface area (Å²) in [6, 6.07) is 6.80. The maximum atomic E-state index is 11.9. The van der Waals surface area contributed by atoms with Crippen LogP contribution in [0.25, 0.3) is 0 Å². The lowest BCUT2D eigenvalue weighted by molar-refractivity contribution is -0.143. The van der Waals surface area contributed by atoms with Gasteiger partial charge in [0.1, 0.15) is 6.04 Å². The number of hydrogen-bond acceptors (Lipinski definition) is 4. The van der Waals surface area contributed by atoms with Crippen molar-refractivity contribution in [3.05, 3.63) is 35.9 Å². The maximum Gasteiger partial charge on any atom is 0.326 e. The van der Waals surface area contributed by atoms with Gasteiger partial charge in [0.2, 0.25) is 5.91 Å². The molecule has 0 heterocycles. The van der Waals surface area contributed by atoms with Crippen LogP contribution in [0.3, 0.4) is 0 Å². The molecule has 1 amide bonds. The highest BCUT2D eigenvalue weighted by molar-refractivity contribution is 5.89. The van der Waals surface area contributed by atoms with Gasteiger partial charge in [-0.2, -0.15) is 0 Å². The van der Waals surface area contributed by atoms with Crippen molar-refractivity contribution in [2.45, 2.75) is 24.9 Å². The number of carboxylic acids is 2. The van der Waals surface area contributed by atoms with Crippen LogP contribution in [-0.4, -0.2) is 47.2 Å². The molecule has 114 valence electrons. The average molecular weight is 294 g/mol. The molecular formula is C14H18N2O5. The van der Waals surface area contributed by atoms with Crippen molar-refractivity contribution in [3.8, 4) is 0 Å². The number of nitrogens with one attached hydrogen (secondary N) is 2. The number of carbonyl (C=O) groups is 3. The lowest BCUT2D eigenvalue weighted by Gasteiger charge is -2.19. The van der Waals surface area contributed by atoms with E-state index in [4.69, 9.17) is 10.2 Å². The third-order valence-electron chi connectivity index (χ3n) is 2.94. The van der Waals surface area contributed by atoms with Gasteiger partial charge in [0.15, 0.2) is 0 Å². The van der Waals surface area contributed by atoms with Gasteiger partial charge in [-0.3, -0.25) is 9.59 Å². The van der Waals surface area contributed by atoms with Crippen molar-refractivity contribution in [3.63, 3.8) is 0 Å². The van der Waals surface area contributed by atoms with Crippen LogP contribution >= 0.6 is 0 Å². The molecule has 0 bridgehead atoms. The minimum atomic E-state index is -1.17. The highest BCUT2D eigenvalue weighted by atomic mass is 16.4. The third-order valence-corrected chi connectivity index (χ3v) is 2.94. The summed E-state index contributed by atoms with van der Waals surface area (Å²) in [7, 11) is 1.44. The van der Waals surface area contributed by atoms with E-state index in [0.29, 0.717) is 0 Å². The van der Waals surface area contributed by atoms with Crippen molar-refractivity contribution in [1.82, 2.24) is 10.6 Å². The van der Waals surface area contributed by atoms with Gasteiger partial charge in [-0.1, -0.05) is 30.3 Å². The van der Waals surface area contributed by atoms with Crippen LogP contribution in [0.2, 0.25) is 0 Å². The highest BCUT2D eigenvalue weighted by Gasteiger charge is 2.26. The molecule has 0 aromatic heterocycles. The maximum absolute atomic E-state index is 11.9. The Morgan fingerprint density at radius 2 is 1.71 bits per heavy atom. The van der Waals surface area contributed by atoms with Gasteiger partial charge >= 0.3 is 11.9 Å². The molecule has 1 rings (SSSR count). The molecule has 0 saturated carbocycles. The molecule has 0 aliphatic heterocycles. The minimum Gasteiger partial charge on any atom is -0.481 e. The zero-order chi connectivity index (χ0) is 15.8.